The molecule has 0 saturated heterocycles. The lowest BCUT2D eigenvalue weighted by atomic mass is 10.0. The maximum absolute atomic E-state index is 8.83. The van der Waals surface area contributed by atoms with Gasteiger partial charge in [-0.15, -0.1) is 0 Å². The van der Waals surface area contributed by atoms with E-state index in [1.807, 2.05) is 24.3 Å². The molecule has 2 rings (SSSR count). The Bertz CT molecular complexity index is 647. The summed E-state index contributed by atoms with van der Waals surface area (Å²) in [5, 5.41) is 12.0. The number of aromatic nitrogens is 2. The molecule has 0 saturated carbocycles. The van der Waals surface area contributed by atoms with Crippen molar-refractivity contribution in [3.8, 4) is 11.8 Å². The fraction of sp³-hybridized carbons (Fsp3) is 0.267. The third-order valence-corrected chi connectivity index (χ3v) is 2.94. The molecule has 102 valence electrons. The zero-order chi connectivity index (χ0) is 14.5. The molecule has 1 aromatic carbocycles. The number of nitrogens with zero attached hydrogens (tertiary/aromatic N) is 3. The number of benzene rings is 1. The number of hydrogen-bond donors (Lipinski definition) is 1. The Kier molecular flexibility index (Phi) is 4.16. The van der Waals surface area contributed by atoms with E-state index in [2.05, 4.69) is 29.1 Å². The van der Waals surface area contributed by atoms with Crippen molar-refractivity contribution in [1.29, 1.82) is 5.26 Å². The molecule has 5 nitrogen and oxygen atoms in total. The lowest BCUT2D eigenvalue weighted by Gasteiger charge is -2.13. The highest BCUT2D eigenvalue weighted by molar-refractivity contribution is 5.65. The molecule has 0 aliphatic rings. The average molecular weight is 268 g/mol. The first-order chi connectivity index (χ1) is 9.63. The Labute approximate surface area is 118 Å². The molecule has 0 radical (unpaired) electrons. The molecule has 0 bridgehead atoms. The van der Waals surface area contributed by atoms with Gasteiger partial charge in [0, 0.05) is 6.07 Å². The highest BCUT2D eigenvalue weighted by atomic mass is 16.5. The van der Waals surface area contributed by atoms with Crippen LogP contribution in [-0.4, -0.2) is 17.1 Å². The van der Waals surface area contributed by atoms with Crippen LogP contribution in [0.5, 0.6) is 5.75 Å². The van der Waals surface area contributed by atoms with Crippen LogP contribution in [-0.2, 0) is 0 Å². The first-order valence-electron chi connectivity index (χ1n) is 6.31. The van der Waals surface area contributed by atoms with Gasteiger partial charge in [0.25, 0.3) is 0 Å². The largest absolute Gasteiger partial charge is 0.495 e. The maximum Gasteiger partial charge on any atom is 0.145 e. The number of anilines is 2. The summed E-state index contributed by atoms with van der Waals surface area (Å²) >= 11 is 0. The normalized spacial score (nSPS) is 10.2. The molecule has 0 atom stereocenters. The molecule has 0 amide bonds. The van der Waals surface area contributed by atoms with Crippen molar-refractivity contribution in [2.45, 2.75) is 19.8 Å². The maximum atomic E-state index is 8.83. The van der Waals surface area contributed by atoms with Crippen LogP contribution in [0.4, 0.5) is 11.5 Å². The number of rotatable bonds is 4. The second kappa shape index (κ2) is 6.02. The van der Waals surface area contributed by atoms with Crippen LogP contribution < -0.4 is 10.1 Å². The van der Waals surface area contributed by atoms with Crippen LogP contribution in [0.1, 0.15) is 31.0 Å². The number of nitrogens with one attached hydrogen (secondary N) is 1. The number of ether oxygens (including phenoxy) is 1. The summed E-state index contributed by atoms with van der Waals surface area (Å²) in [6.45, 7) is 4.26. The third-order valence-electron chi connectivity index (χ3n) is 2.94. The second-order valence-corrected chi connectivity index (χ2v) is 4.64. The number of methoxy groups -OCH3 is 1. The van der Waals surface area contributed by atoms with Gasteiger partial charge in [-0.1, -0.05) is 19.9 Å². The zero-order valence-corrected chi connectivity index (χ0v) is 11.7. The summed E-state index contributed by atoms with van der Waals surface area (Å²) in [6.07, 6.45) is 1.36. The van der Waals surface area contributed by atoms with Crippen molar-refractivity contribution in [2.75, 3.05) is 12.4 Å². The minimum Gasteiger partial charge on any atom is -0.495 e. The van der Waals surface area contributed by atoms with Gasteiger partial charge in [0.15, 0.2) is 0 Å². The van der Waals surface area contributed by atoms with E-state index in [0.29, 0.717) is 17.4 Å². The van der Waals surface area contributed by atoms with Gasteiger partial charge >= 0.3 is 0 Å². The third kappa shape index (κ3) is 3.04. The highest BCUT2D eigenvalue weighted by Gasteiger charge is 2.08. The van der Waals surface area contributed by atoms with Gasteiger partial charge in [-0.3, -0.25) is 0 Å². The van der Waals surface area contributed by atoms with Crippen LogP contribution in [0.2, 0.25) is 0 Å². The van der Waals surface area contributed by atoms with E-state index in [0.717, 1.165) is 11.4 Å². The summed E-state index contributed by atoms with van der Waals surface area (Å²) in [5.41, 5.74) is 2.33. The molecule has 1 aromatic heterocycles. The van der Waals surface area contributed by atoms with E-state index in [1.165, 1.54) is 11.9 Å². The number of hydrogen-bond acceptors (Lipinski definition) is 5. The Hall–Kier alpha value is -2.61. The fourth-order valence-corrected chi connectivity index (χ4v) is 1.79. The second-order valence-electron chi connectivity index (χ2n) is 4.64. The van der Waals surface area contributed by atoms with Crippen molar-refractivity contribution in [1.82, 2.24) is 9.97 Å². The lowest BCUT2D eigenvalue weighted by molar-refractivity contribution is 0.416. The molecule has 1 heterocycles. The van der Waals surface area contributed by atoms with Gasteiger partial charge in [0.1, 0.15) is 29.7 Å². The Balaban J connectivity index is 2.31. The zero-order valence-electron chi connectivity index (χ0n) is 11.7. The predicted octanol–water partition coefficient (Wildman–Crippen LogP) is 3.22. The van der Waals surface area contributed by atoms with Gasteiger partial charge in [-0.2, -0.15) is 5.26 Å². The Morgan fingerprint density at radius 1 is 1.25 bits per heavy atom. The lowest BCUT2D eigenvalue weighted by Crippen LogP contribution is -1.99. The molecule has 0 fully saturated rings. The van der Waals surface area contributed by atoms with Gasteiger partial charge < -0.3 is 10.1 Å². The summed E-state index contributed by atoms with van der Waals surface area (Å²) in [6, 6.07) is 9.57. The summed E-state index contributed by atoms with van der Waals surface area (Å²) < 4.78 is 5.39. The van der Waals surface area contributed by atoms with Gasteiger partial charge in [0.2, 0.25) is 0 Å². The molecule has 0 aliphatic heterocycles. The van der Waals surface area contributed by atoms with Gasteiger partial charge in [0.05, 0.1) is 12.8 Å². The fourth-order valence-electron chi connectivity index (χ4n) is 1.79. The van der Waals surface area contributed by atoms with Crippen LogP contribution >= 0.6 is 0 Å². The van der Waals surface area contributed by atoms with Crippen molar-refractivity contribution in [2.24, 2.45) is 0 Å². The quantitative estimate of drug-likeness (QED) is 0.921. The topological polar surface area (TPSA) is 70.8 Å². The van der Waals surface area contributed by atoms with E-state index in [4.69, 9.17) is 10.00 Å². The summed E-state index contributed by atoms with van der Waals surface area (Å²) in [4.78, 5) is 7.92. The first-order valence-corrected chi connectivity index (χ1v) is 6.31. The summed E-state index contributed by atoms with van der Waals surface area (Å²) in [7, 11) is 1.63. The van der Waals surface area contributed by atoms with Crippen LogP contribution in [0.3, 0.4) is 0 Å². The molecule has 5 heteroatoms. The minimum absolute atomic E-state index is 0.320. The van der Waals surface area contributed by atoms with E-state index >= 15 is 0 Å². The number of nitriles is 1. The Morgan fingerprint density at radius 2 is 2.05 bits per heavy atom. The molecular weight excluding hydrogens is 252 g/mol. The van der Waals surface area contributed by atoms with E-state index in [-0.39, 0.29) is 0 Å². The van der Waals surface area contributed by atoms with E-state index in [1.54, 1.807) is 13.2 Å². The minimum atomic E-state index is 0.320. The van der Waals surface area contributed by atoms with Gasteiger partial charge in [-0.25, -0.2) is 9.97 Å². The van der Waals surface area contributed by atoms with Crippen molar-refractivity contribution in [3.05, 3.63) is 41.9 Å². The molecule has 0 aliphatic carbocycles. The Morgan fingerprint density at radius 3 is 2.70 bits per heavy atom. The van der Waals surface area contributed by atoms with Crippen LogP contribution in [0.25, 0.3) is 0 Å². The molecule has 2 aromatic rings. The molecule has 20 heavy (non-hydrogen) atoms. The SMILES string of the molecule is COc1cc(C(C)C)ccc1Nc1cc(C#N)ncn1. The van der Waals surface area contributed by atoms with E-state index in [9.17, 15) is 0 Å². The van der Waals surface area contributed by atoms with Crippen molar-refractivity contribution >= 4 is 11.5 Å². The average Bonchev–Trinajstić information content (AvgIpc) is 2.47. The van der Waals surface area contributed by atoms with E-state index < -0.39 is 0 Å². The van der Waals surface area contributed by atoms with Gasteiger partial charge in [-0.05, 0) is 23.6 Å². The van der Waals surface area contributed by atoms with Crippen molar-refractivity contribution in [3.63, 3.8) is 0 Å². The highest BCUT2D eigenvalue weighted by Crippen LogP contribution is 2.30. The molecule has 1 N–H and O–H groups in total. The smallest absolute Gasteiger partial charge is 0.145 e. The first kappa shape index (κ1) is 13.8. The monoisotopic (exact) mass is 268 g/mol. The van der Waals surface area contributed by atoms with Crippen molar-refractivity contribution < 1.29 is 4.74 Å². The molecule has 0 unspecified atom stereocenters. The molecular formula is C15H16N4O. The van der Waals surface area contributed by atoms with Crippen LogP contribution in [0.15, 0.2) is 30.6 Å². The standard InChI is InChI=1S/C15H16N4O/c1-10(2)11-4-5-13(14(6-11)20-3)19-15-7-12(8-16)17-9-18-15/h4-7,9-10H,1-3H3,(H,17,18,19). The summed E-state index contributed by atoms with van der Waals surface area (Å²) in [5.74, 6) is 1.74. The predicted molar refractivity (Wildman–Crippen MR) is 77.1 cm³/mol. The van der Waals surface area contributed by atoms with Crippen LogP contribution in [0, 0.1) is 11.3 Å². The molecule has 0 spiro atoms.